The van der Waals surface area contributed by atoms with Gasteiger partial charge in [0.1, 0.15) is 23.2 Å². The van der Waals surface area contributed by atoms with Crippen LogP contribution in [-0.2, 0) is 0 Å². The molecule has 146 valence electrons. The Hall–Kier alpha value is -2.58. The number of aryl methyl sites for hydroxylation is 1. The van der Waals surface area contributed by atoms with Crippen LogP contribution >= 0.6 is 0 Å². The fourth-order valence-electron chi connectivity index (χ4n) is 2.91. The summed E-state index contributed by atoms with van der Waals surface area (Å²) in [5.41, 5.74) is 0.938. The number of ether oxygens (including phenoxy) is 1. The highest BCUT2D eigenvalue weighted by molar-refractivity contribution is 5.46. The standard InChI is InChI=1S/C18H22F3N5O/c1-12(2)17-23-13(3)10-16(24-17)26-8-6-25(7-9-26)15-5-4-14(11-22-15)27-18(19,20)21/h4-5,10-12H,6-9H2,1-3H3. The molecule has 0 atom stereocenters. The van der Waals surface area contributed by atoms with E-state index in [0.29, 0.717) is 18.9 Å². The Labute approximate surface area is 156 Å². The lowest BCUT2D eigenvalue weighted by molar-refractivity contribution is -0.274. The lowest BCUT2D eigenvalue weighted by Gasteiger charge is -2.36. The number of hydrogen-bond donors (Lipinski definition) is 0. The minimum Gasteiger partial charge on any atom is -0.404 e. The van der Waals surface area contributed by atoms with Crippen molar-refractivity contribution in [3.8, 4) is 5.75 Å². The molecule has 1 aliphatic heterocycles. The van der Waals surface area contributed by atoms with Gasteiger partial charge in [-0.3, -0.25) is 0 Å². The number of nitrogens with zero attached hydrogens (tertiary/aromatic N) is 5. The van der Waals surface area contributed by atoms with Crippen molar-refractivity contribution in [3.63, 3.8) is 0 Å². The summed E-state index contributed by atoms with van der Waals surface area (Å²) >= 11 is 0. The molecule has 0 saturated carbocycles. The van der Waals surface area contributed by atoms with Crippen LogP contribution in [0.15, 0.2) is 24.4 Å². The zero-order chi connectivity index (χ0) is 19.6. The van der Waals surface area contributed by atoms with Crippen LogP contribution in [0.2, 0.25) is 0 Å². The van der Waals surface area contributed by atoms with Crippen LogP contribution in [0.5, 0.6) is 5.75 Å². The summed E-state index contributed by atoms with van der Waals surface area (Å²) in [6.45, 7) is 8.98. The molecule has 3 rings (SSSR count). The summed E-state index contributed by atoms with van der Waals surface area (Å²) in [4.78, 5) is 17.5. The van der Waals surface area contributed by atoms with Crippen LogP contribution < -0.4 is 14.5 Å². The molecule has 0 aromatic carbocycles. The van der Waals surface area contributed by atoms with Crippen molar-refractivity contribution in [2.24, 2.45) is 0 Å². The first-order valence-corrected chi connectivity index (χ1v) is 8.78. The molecule has 2 aromatic rings. The van der Waals surface area contributed by atoms with Gasteiger partial charge in [0.25, 0.3) is 0 Å². The molecule has 0 aliphatic carbocycles. The van der Waals surface area contributed by atoms with Gasteiger partial charge in [-0.15, -0.1) is 13.2 Å². The van der Waals surface area contributed by atoms with Gasteiger partial charge in [-0.2, -0.15) is 0 Å². The van der Waals surface area contributed by atoms with E-state index in [0.717, 1.165) is 36.6 Å². The van der Waals surface area contributed by atoms with Crippen molar-refractivity contribution in [2.45, 2.75) is 33.1 Å². The van der Waals surface area contributed by atoms with E-state index in [-0.39, 0.29) is 11.7 Å². The third-order valence-corrected chi connectivity index (χ3v) is 4.26. The molecule has 1 fully saturated rings. The minimum absolute atomic E-state index is 0.256. The van der Waals surface area contributed by atoms with Gasteiger partial charge < -0.3 is 14.5 Å². The van der Waals surface area contributed by atoms with Crippen molar-refractivity contribution >= 4 is 11.6 Å². The zero-order valence-electron chi connectivity index (χ0n) is 15.5. The first-order chi connectivity index (χ1) is 12.7. The Kier molecular flexibility index (Phi) is 5.38. The van der Waals surface area contributed by atoms with E-state index < -0.39 is 6.36 Å². The molecule has 2 aromatic heterocycles. The van der Waals surface area contributed by atoms with E-state index in [9.17, 15) is 13.2 Å². The smallest absolute Gasteiger partial charge is 0.404 e. The maximum Gasteiger partial charge on any atom is 0.573 e. The third-order valence-electron chi connectivity index (χ3n) is 4.26. The molecular weight excluding hydrogens is 359 g/mol. The second-order valence-electron chi connectivity index (χ2n) is 6.75. The van der Waals surface area contributed by atoms with Crippen LogP contribution in [0.4, 0.5) is 24.8 Å². The molecule has 0 bridgehead atoms. The number of alkyl halides is 3. The normalized spacial score (nSPS) is 15.4. The molecule has 0 radical (unpaired) electrons. The number of halogens is 3. The highest BCUT2D eigenvalue weighted by Gasteiger charge is 2.31. The maximum atomic E-state index is 12.2. The number of rotatable bonds is 4. The van der Waals surface area contributed by atoms with Crippen molar-refractivity contribution < 1.29 is 17.9 Å². The number of pyridine rings is 1. The van der Waals surface area contributed by atoms with Crippen molar-refractivity contribution in [3.05, 3.63) is 35.9 Å². The second kappa shape index (κ2) is 7.58. The number of hydrogen-bond acceptors (Lipinski definition) is 6. The predicted octanol–water partition coefficient (Wildman–Crippen LogP) is 3.53. The molecule has 0 amide bonds. The van der Waals surface area contributed by atoms with Gasteiger partial charge in [0, 0.05) is 43.9 Å². The van der Waals surface area contributed by atoms with Gasteiger partial charge in [-0.25, -0.2) is 15.0 Å². The first kappa shape index (κ1) is 19.2. The van der Waals surface area contributed by atoms with Crippen LogP contribution in [0.1, 0.15) is 31.3 Å². The maximum absolute atomic E-state index is 12.2. The van der Waals surface area contributed by atoms with Gasteiger partial charge >= 0.3 is 6.36 Å². The quantitative estimate of drug-likeness (QED) is 0.808. The van der Waals surface area contributed by atoms with E-state index in [1.165, 1.54) is 6.07 Å². The summed E-state index contributed by atoms with van der Waals surface area (Å²) in [6.07, 6.45) is -3.61. The Bertz CT molecular complexity index is 772. The fraction of sp³-hybridized carbons (Fsp3) is 0.500. The topological polar surface area (TPSA) is 54.4 Å². The van der Waals surface area contributed by atoms with E-state index >= 15 is 0 Å². The van der Waals surface area contributed by atoms with Gasteiger partial charge in [0.05, 0.1) is 6.20 Å². The van der Waals surface area contributed by atoms with Gasteiger partial charge in [0.15, 0.2) is 0 Å². The van der Waals surface area contributed by atoms with Crippen molar-refractivity contribution in [1.82, 2.24) is 15.0 Å². The highest BCUT2D eigenvalue weighted by atomic mass is 19.4. The third kappa shape index (κ3) is 4.99. The van der Waals surface area contributed by atoms with Crippen LogP contribution in [0.25, 0.3) is 0 Å². The molecule has 3 heterocycles. The molecule has 6 nitrogen and oxygen atoms in total. The zero-order valence-corrected chi connectivity index (χ0v) is 15.5. The number of anilines is 2. The van der Waals surface area contributed by atoms with Crippen LogP contribution in [-0.4, -0.2) is 47.5 Å². The van der Waals surface area contributed by atoms with Crippen LogP contribution in [0, 0.1) is 6.92 Å². The molecule has 27 heavy (non-hydrogen) atoms. The lowest BCUT2D eigenvalue weighted by atomic mass is 10.2. The molecule has 9 heteroatoms. The fourth-order valence-corrected chi connectivity index (χ4v) is 2.91. The van der Waals surface area contributed by atoms with Gasteiger partial charge in [0.2, 0.25) is 0 Å². The molecule has 0 N–H and O–H groups in total. The summed E-state index contributed by atoms with van der Waals surface area (Å²) in [7, 11) is 0. The Morgan fingerprint density at radius 1 is 1.00 bits per heavy atom. The number of aromatic nitrogens is 3. The van der Waals surface area contributed by atoms with E-state index in [2.05, 4.69) is 38.4 Å². The first-order valence-electron chi connectivity index (χ1n) is 8.78. The summed E-state index contributed by atoms with van der Waals surface area (Å²) < 4.78 is 40.6. The van der Waals surface area contributed by atoms with Gasteiger partial charge in [-0.05, 0) is 19.1 Å². The summed E-state index contributed by atoms with van der Waals surface area (Å²) in [5, 5.41) is 0. The Balaban J connectivity index is 1.64. The molecule has 1 aliphatic rings. The predicted molar refractivity (Wildman–Crippen MR) is 96.2 cm³/mol. The lowest BCUT2D eigenvalue weighted by Crippen LogP contribution is -2.47. The van der Waals surface area contributed by atoms with E-state index in [4.69, 9.17) is 0 Å². The molecule has 1 saturated heterocycles. The SMILES string of the molecule is Cc1cc(N2CCN(c3ccc(OC(F)(F)F)cn3)CC2)nc(C(C)C)n1. The van der Waals surface area contributed by atoms with Crippen LogP contribution in [0.3, 0.4) is 0 Å². The average molecular weight is 381 g/mol. The monoisotopic (exact) mass is 381 g/mol. The van der Waals surface area contributed by atoms with Gasteiger partial charge in [-0.1, -0.05) is 13.8 Å². The largest absolute Gasteiger partial charge is 0.573 e. The Morgan fingerprint density at radius 3 is 2.15 bits per heavy atom. The second-order valence-corrected chi connectivity index (χ2v) is 6.75. The highest BCUT2D eigenvalue weighted by Crippen LogP contribution is 2.25. The van der Waals surface area contributed by atoms with E-state index in [1.54, 1.807) is 6.07 Å². The Morgan fingerprint density at radius 2 is 1.63 bits per heavy atom. The molecule has 0 spiro atoms. The summed E-state index contributed by atoms with van der Waals surface area (Å²) in [6, 6.07) is 4.80. The number of piperazine rings is 1. The van der Waals surface area contributed by atoms with E-state index in [1.807, 2.05) is 17.9 Å². The minimum atomic E-state index is -4.71. The molecular formula is C18H22F3N5O. The van der Waals surface area contributed by atoms with Crippen molar-refractivity contribution in [2.75, 3.05) is 36.0 Å². The average Bonchev–Trinajstić information content (AvgIpc) is 2.60. The summed E-state index contributed by atoms with van der Waals surface area (Å²) in [5.74, 6) is 2.31. The van der Waals surface area contributed by atoms with Crippen molar-refractivity contribution in [1.29, 1.82) is 0 Å². The molecule has 0 unspecified atom stereocenters.